The average Bonchev–Trinajstić information content (AvgIpc) is 2.71. The standard InChI is InChI=1S/C12H14FIN2O/c1-7-5-15-6-8(7)12(17)16-10-4-2-3-9(13)11(10)14/h2-4,7-8,15H,5-6H2,1H3,(H,16,17)/t7-,8-/m1/s1. The average molecular weight is 348 g/mol. The number of hydrogen-bond acceptors (Lipinski definition) is 2. The minimum absolute atomic E-state index is 0.0333. The summed E-state index contributed by atoms with van der Waals surface area (Å²) in [6.07, 6.45) is 0. The van der Waals surface area contributed by atoms with Gasteiger partial charge in [-0.15, -0.1) is 0 Å². The largest absolute Gasteiger partial charge is 0.325 e. The third-order valence-electron chi connectivity index (χ3n) is 3.06. The lowest BCUT2D eigenvalue weighted by Gasteiger charge is -2.15. The normalized spacial score (nSPS) is 23.7. The SMILES string of the molecule is C[C@@H]1CNC[C@H]1C(=O)Nc1cccc(F)c1I. The van der Waals surface area contributed by atoms with Crippen molar-refractivity contribution in [1.82, 2.24) is 5.32 Å². The summed E-state index contributed by atoms with van der Waals surface area (Å²) in [5.74, 6) is -0.0534. The van der Waals surface area contributed by atoms with Gasteiger partial charge in [0.05, 0.1) is 15.2 Å². The van der Waals surface area contributed by atoms with Crippen LogP contribution in [0.4, 0.5) is 10.1 Å². The molecular formula is C12H14FIN2O. The van der Waals surface area contributed by atoms with E-state index < -0.39 is 0 Å². The van der Waals surface area contributed by atoms with Crippen LogP contribution in [0, 0.1) is 21.2 Å². The quantitative estimate of drug-likeness (QED) is 0.805. The van der Waals surface area contributed by atoms with Gasteiger partial charge >= 0.3 is 0 Å². The lowest BCUT2D eigenvalue weighted by atomic mass is 9.97. The molecule has 17 heavy (non-hydrogen) atoms. The number of benzene rings is 1. The molecule has 1 aliphatic rings. The lowest BCUT2D eigenvalue weighted by molar-refractivity contribution is -0.120. The molecule has 0 radical (unpaired) electrons. The first-order valence-electron chi connectivity index (χ1n) is 5.55. The zero-order valence-electron chi connectivity index (χ0n) is 9.47. The molecule has 1 heterocycles. The summed E-state index contributed by atoms with van der Waals surface area (Å²) in [6.45, 7) is 3.60. The first-order valence-corrected chi connectivity index (χ1v) is 6.63. The van der Waals surface area contributed by atoms with E-state index in [1.807, 2.05) is 29.5 Å². The van der Waals surface area contributed by atoms with E-state index >= 15 is 0 Å². The Morgan fingerprint density at radius 1 is 1.53 bits per heavy atom. The first-order chi connectivity index (χ1) is 8.09. The molecule has 1 aliphatic heterocycles. The van der Waals surface area contributed by atoms with Crippen LogP contribution in [0.1, 0.15) is 6.92 Å². The Morgan fingerprint density at radius 2 is 2.29 bits per heavy atom. The lowest BCUT2D eigenvalue weighted by Crippen LogP contribution is -2.28. The van der Waals surface area contributed by atoms with E-state index in [9.17, 15) is 9.18 Å². The van der Waals surface area contributed by atoms with Crippen LogP contribution in [0.5, 0.6) is 0 Å². The van der Waals surface area contributed by atoms with Crippen molar-refractivity contribution < 1.29 is 9.18 Å². The molecule has 1 fully saturated rings. The molecule has 1 saturated heterocycles. The number of anilines is 1. The van der Waals surface area contributed by atoms with Crippen molar-refractivity contribution >= 4 is 34.2 Å². The molecule has 2 N–H and O–H groups in total. The number of amides is 1. The van der Waals surface area contributed by atoms with Crippen LogP contribution in [0.3, 0.4) is 0 Å². The maximum Gasteiger partial charge on any atom is 0.229 e. The van der Waals surface area contributed by atoms with E-state index in [0.29, 0.717) is 21.7 Å². The van der Waals surface area contributed by atoms with Crippen molar-refractivity contribution in [1.29, 1.82) is 0 Å². The highest BCUT2D eigenvalue weighted by Crippen LogP contribution is 2.23. The molecule has 1 aromatic rings. The van der Waals surface area contributed by atoms with Crippen LogP contribution in [0.25, 0.3) is 0 Å². The maximum atomic E-state index is 13.3. The first kappa shape index (κ1) is 12.8. The predicted molar refractivity (Wildman–Crippen MR) is 73.3 cm³/mol. The summed E-state index contributed by atoms with van der Waals surface area (Å²) in [4.78, 5) is 12.0. The van der Waals surface area contributed by atoms with Gasteiger partial charge in [-0.05, 0) is 47.2 Å². The number of carbonyl (C=O) groups is 1. The third kappa shape index (κ3) is 2.77. The van der Waals surface area contributed by atoms with Crippen LogP contribution in [0.15, 0.2) is 18.2 Å². The van der Waals surface area contributed by atoms with E-state index in [1.54, 1.807) is 12.1 Å². The minimum Gasteiger partial charge on any atom is -0.325 e. The Balaban J connectivity index is 2.10. The molecule has 0 unspecified atom stereocenters. The van der Waals surface area contributed by atoms with E-state index in [0.717, 1.165) is 6.54 Å². The second-order valence-corrected chi connectivity index (χ2v) is 5.41. The van der Waals surface area contributed by atoms with Crippen LogP contribution in [0.2, 0.25) is 0 Å². The summed E-state index contributed by atoms with van der Waals surface area (Å²) < 4.78 is 13.8. The Kier molecular flexibility index (Phi) is 3.98. The van der Waals surface area contributed by atoms with Gasteiger partial charge in [0.25, 0.3) is 0 Å². The molecule has 2 rings (SSSR count). The number of halogens is 2. The fraction of sp³-hybridized carbons (Fsp3) is 0.417. The summed E-state index contributed by atoms with van der Waals surface area (Å²) in [5.41, 5.74) is 0.551. The second-order valence-electron chi connectivity index (χ2n) is 4.33. The molecule has 0 aromatic heterocycles. The molecular weight excluding hydrogens is 334 g/mol. The topological polar surface area (TPSA) is 41.1 Å². The van der Waals surface area contributed by atoms with Crippen molar-refractivity contribution in [3.63, 3.8) is 0 Å². The van der Waals surface area contributed by atoms with E-state index in [1.165, 1.54) is 6.07 Å². The predicted octanol–water partition coefficient (Wildman–Crippen LogP) is 2.22. The van der Waals surface area contributed by atoms with Gasteiger partial charge in [0.15, 0.2) is 0 Å². The number of carbonyl (C=O) groups excluding carboxylic acids is 1. The van der Waals surface area contributed by atoms with Crippen molar-refractivity contribution in [3.8, 4) is 0 Å². The molecule has 2 atom stereocenters. The zero-order valence-corrected chi connectivity index (χ0v) is 11.6. The molecule has 5 heteroatoms. The van der Waals surface area contributed by atoms with Gasteiger partial charge < -0.3 is 10.6 Å². The third-order valence-corrected chi connectivity index (χ3v) is 4.16. The maximum absolute atomic E-state index is 13.3. The van der Waals surface area contributed by atoms with E-state index in [-0.39, 0.29) is 17.6 Å². The number of rotatable bonds is 2. The van der Waals surface area contributed by atoms with Gasteiger partial charge in [0.2, 0.25) is 5.91 Å². The minimum atomic E-state index is -0.305. The fourth-order valence-electron chi connectivity index (χ4n) is 1.99. The van der Waals surface area contributed by atoms with Crippen LogP contribution in [-0.4, -0.2) is 19.0 Å². The zero-order chi connectivity index (χ0) is 12.4. The summed E-state index contributed by atoms with van der Waals surface area (Å²) in [6, 6.07) is 4.70. The molecule has 0 spiro atoms. The highest BCUT2D eigenvalue weighted by molar-refractivity contribution is 14.1. The Bertz CT molecular complexity index is 439. The van der Waals surface area contributed by atoms with Crippen molar-refractivity contribution in [2.45, 2.75) is 6.92 Å². The highest BCUT2D eigenvalue weighted by atomic mass is 127. The van der Waals surface area contributed by atoms with Crippen molar-refractivity contribution in [3.05, 3.63) is 27.6 Å². The molecule has 0 bridgehead atoms. The number of hydrogen-bond donors (Lipinski definition) is 2. The summed E-state index contributed by atoms with van der Waals surface area (Å²) in [7, 11) is 0. The van der Waals surface area contributed by atoms with Gasteiger partial charge in [-0.3, -0.25) is 4.79 Å². The van der Waals surface area contributed by atoms with E-state index in [4.69, 9.17) is 0 Å². The molecule has 0 aliphatic carbocycles. The van der Waals surface area contributed by atoms with Crippen molar-refractivity contribution in [2.24, 2.45) is 11.8 Å². The van der Waals surface area contributed by atoms with Gasteiger partial charge in [-0.1, -0.05) is 13.0 Å². The van der Waals surface area contributed by atoms with Gasteiger partial charge in [0.1, 0.15) is 5.82 Å². The molecule has 1 aromatic carbocycles. The smallest absolute Gasteiger partial charge is 0.229 e. The fourth-order valence-corrected chi connectivity index (χ4v) is 2.48. The van der Waals surface area contributed by atoms with Gasteiger partial charge in [-0.2, -0.15) is 0 Å². The Morgan fingerprint density at radius 3 is 2.94 bits per heavy atom. The van der Waals surface area contributed by atoms with E-state index in [2.05, 4.69) is 10.6 Å². The van der Waals surface area contributed by atoms with Crippen molar-refractivity contribution in [2.75, 3.05) is 18.4 Å². The van der Waals surface area contributed by atoms with Crippen LogP contribution < -0.4 is 10.6 Å². The molecule has 3 nitrogen and oxygen atoms in total. The second kappa shape index (κ2) is 5.30. The Labute approximate surface area is 113 Å². The van der Waals surface area contributed by atoms with Gasteiger partial charge in [-0.25, -0.2) is 4.39 Å². The number of nitrogens with one attached hydrogen (secondary N) is 2. The highest BCUT2D eigenvalue weighted by Gasteiger charge is 2.29. The molecule has 0 saturated carbocycles. The summed E-state index contributed by atoms with van der Waals surface area (Å²) >= 11 is 1.90. The monoisotopic (exact) mass is 348 g/mol. The summed E-state index contributed by atoms with van der Waals surface area (Å²) in [5, 5.41) is 5.97. The van der Waals surface area contributed by atoms with Crippen LogP contribution in [-0.2, 0) is 4.79 Å². The molecule has 1 amide bonds. The van der Waals surface area contributed by atoms with Gasteiger partial charge in [0, 0.05) is 6.54 Å². The Hall–Kier alpha value is -0.690. The van der Waals surface area contributed by atoms with Crippen LogP contribution >= 0.6 is 22.6 Å². The molecule has 92 valence electrons.